The van der Waals surface area contributed by atoms with Gasteiger partial charge in [-0.3, -0.25) is 9.59 Å². The van der Waals surface area contributed by atoms with Crippen molar-refractivity contribution in [1.82, 2.24) is 0 Å². The highest BCUT2D eigenvalue weighted by atomic mass is 16.5. The zero-order valence-electron chi connectivity index (χ0n) is 15.5. The molecule has 0 aromatic heterocycles. The van der Waals surface area contributed by atoms with Crippen LogP contribution in [0.1, 0.15) is 72.1 Å². The van der Waals surface area contributed by atoms with Gasteiger partial charge < -0.3 is 4.74 Å². The highest BCUT2D eigenvalue weighted by molar-refractivity contribution is 5.80. The van der Waals surface area contributed by atoms with Gasteiger partial charge in [0.15, 0.2) is 0 Å². The Morgan fingerprint density at radius 1 is 1.17 bits per heavy atom. The third kappa shape index (κ3) is 2.15. The zero-order chi connectivity index (χ0) is 17.1. The van der Waals surface area contributed by atoms with Gasteiger partial charge in [0.05, 0.1) is 12.0 Å². The molecule has 7 atom stereocenters. The fourth-order valence-corrected chi connectivity index (χ4v) is 7.11. The molecule has 0 N–H and O–H groups in total. The van der Waals surface area contributed by atoms with Crippen molar-refractivity contribution < 1.29 is 14.3 Å². The lowest BCUT2D eigenvalue weighted by Crippen LogP contribution is -2.57. The quantitative estimate of drug-likeness (QED) is 0.705. The Morgan fingerprint density at radius 2 is 1.96 bits per heavy atom. The normalized spacial score (nSPS) is 50.7. The first-order valence-electron chi connectivity index (χ1n) is 10.1. The number of hydrogen-bond acceptors (Lipinski definition) is 3. The van der Waals surface area contributed by atoms with Crippen LogP contribution in [0.5, 0.6) is 0 Å². The van der Waals surface area contributed by atoms with Crippen molar-refractivity contribution in [2.75, 3.05) is 6.61 Å². The number of Topliss-reactive ketones (excluding diaryl/α,β-unsaturated/α-hetero) is 1. The van der Waals surface area contributed by atoms with E-state index in [4.69, 9.17) is 4.74 Å². The second-order valence-corrected chi connectivity index (χ2v) is 9.57. The standard InChI is InChI=1S/C21H32O3/c1-4-5-13-10-14-11-15(22)6-8-20(14,2)16-7-9-21(3)17(18(13)16)12-24-19(21)23/h13-14,16-18H,4-12H2,1-3H3/t13?,14?,16?,17?,18?,20-,21-/m0/s1. The molecule has 0 bridgehead atoms. The molecule has 3 saturated carbocycles. The van der Waals surface area contributed by atoms with Crippen LogP contribution in [0.15, 0.2) is 0 Å². The van der Waals surface area contributed by atoms with Crippen molar-refractivity contribution in [3.63, 3.8) is 0 Å². The van der Waals surface area contributed by atoms with Crippen molar-refractivity contribution >= 4 is 11.8 Å². The van der Waals surface area contributed by atoms with Gasteiger partial charge in [0, 0.05) is 18.8 Å². The maximum atomic E-state index is 12.4. The molecule has 3 heteroatoms. The van der Waals surface area contributed by atoms with Crippen LogP contribution in [-0.2, 0) is 14.3 Å². The van der Waals surface area contributed by atoms with Gasteiger partial charge in [-0.25, -0.2) is 0 Å². The summed E-state index contributed by atoms with van der Waals surface area (Å²) in [6.07, 6.45) is 8.39. The summed E-state index contributed by atoms with van der Waals surface area (Å²) in [5, 5.41) is 0. The van der Waals surface area contributed by atoms with Crippen LogP contribution < -0.4 is 0 Å². The molecular formula is C21H32O3. The first-order valence-corrected chi connectivity index (χ1v) is 10.1. The average Bonchev–Trinajstić information content (AvgIpc) is 2.85. The number of rotatable bonds is 2. The highest BCUT2D eigenvalue weighted by Crippen LogP contribution is 2.65. The van der Waals surface area contributed by atoms with Crippen LogP contribution in [0.25, 0.3) is 0 Å². The molecule has 134 valence electrons. The summed E-state index contributed by atoms with van der Waals surface area (Å²) in [6.45, 7) is 7.53. The minimum absolute atomic E-state index is 0.0484. The summed E-state index contributed by atoms with van der Waals surface area (Å²) >= 11 is 0. The molecule has 3 aliphatic carbocycles. The Balaban J connectivity index is 1.71. The number of hydrogen-bond donors (Lipinski definition) is 0. The Morgan fingerprint density at radius 3 is 2.71 bits per heavy atom. The van der Waals surface area contributed by atoms with Crippen LogP contribution >= 0.6 is 0 Å². The van der Waals surface area contributed by atoms with Crippen molar-refractivity contribution in [3.8, 4) is 0 Å². The Hall–Kier alpha value is -0.860. The number of cyclic esters (lactones) is 1. The highest BCUT2D eigenvalue weighted by Gasteiger charge is 2.63. The lowest BCUT2D eigenvalue weighted by Gasteiger charge is -2.61. The van der Waals surface area contributed by atoms with Gasteiger partial charge in [-0.15, -0.1) is 0 Å². The Labute approximate surface area is 145 Å². The summed E-state index contributed by atoms with van der Waals surface area (Å²) in [5.41, 5.74) is 0.0522. The van der Waals surface area contributed by atoms with E-state index in [2.05, 4.69) is 20.8 Å². The molecule has 5 unspecified atom stereocenters. The van der Waals surface area contributed by atoms with Crippen molar-refractivity contribution in [3.05, 3.63) is 0 Å². The SMILES string of the molecule is CCCC1CC2CC(=O)CC[C@]2(C)C2CC[C@]3(C)C(=O)OCC3C12. The first kappa shape index (κ1) is 16.6. The number of ether oxygens (including phenoxy) is 1. The molecule has 0 amide bonds. The molecule has 1 saturated heterocycles. The van der Waals surface area contributed by atoms with Crippen molar-refractivity contribution in [2.45, 2.75) is 72.1 Å². The topological polar surface area (TPSA) is 43.4 Å². The monoisotopic (exact) mass is 332 g/mol. The van der Waals surface area contributed by atoms with Crippen LogP contribution in [0.3, 0.4) is 0 Å². The molecule has 1 heterocycles. The molecule has 0 spiro atoms. The third-order valence-corrected chi connectivity index (χ3v) is 8.57. The van der Waals surface area contributed by atoms with Crippen LogP contribution in [0.2, 0.25) is 0 Å². The molecule has 0 radical (unpaired) electrons. The number of esters is 1. The van der Waals surface area contributed by atoms with E-state index in [1.165, 1.54) is 19.3 Å². The second kappa shape index (κ2) is 5.57. The fourth-order valence-electron chi connectivity index (χ4n) is 7.11. The number of ketones is 1. The van der Waals surface area contributed by atoms with Gasteiger partial charge in [0.25, 0.3) is 0 Å². The van der Waals surface area contributed by atoms with Crippen LogP contribution in [0.4, 0.5) is 0 Å². The zero-order valence-corrected chi connectivity index (χ0v) is 15.5. The minimum atomic E-state index is -0.249. The van der Waals surface area contributed by atoms with Crippen molar-refractivity contribution in [2.24, 2.45) is 40.4 Å². The van der Waals surface area contributed by atoms with Gasteiger partial charge in [-0.2, -0.15) is 0 Å². The molecule has 4 fully saturated rings. The molecule has 24 heavy (non-hydrogen) atoms. The Kier molecular flexibility index (Phi) is 3.85. The number of carbonyl (C=O) groups is 2. The molecule has 4 rings (SSSR count). The van der Waals surface area contributed by atoms with E-state index in [1.54, 1.807) is 0 Å². The molecule has 0 aromatic rings. The summed E-state index contributed by atoms with van der Waals surface area (Å²) < 4.78 is 5.57. The smallest absolute Gasteiger partial charge is 0.312 e. The van der Waals surface area contributed by atoms with E-state index in [-0.39, 0.29) is 11.4 Å². The molecule has 4 aliphatic rings. The summed E-state index contributed by atoms with van der Waals surface area (Å²) in [7, 11) is 0. The predicted octanol–water partition coefficient (Wildman–Crippen LogP) is 4.39. The lowest BCUT2D eigenvalue weighted by molar-refractivity contribution is -0.156. The van der Waals surface area contributed by atoms with E-state index in [1.807, 2.05) is 0 Å². The number of fused-ring (bicyclic) bond motifs is 5. The summed E-state index contributed by atoms with van der Waals surface area (Å²) in [6, 6.07) is 0. The molecule has 3 nitrogen and oxygen atoms in total. The second-order valence-electron chi connectivity index (χ2n) is 9.57. The third-order valence-electron chi connectivity index (χ3n) is 8.57. The van der Waals surface area contributed by atoms with Crippen LogP contribution in [-0.4, -0.2) is 18.4 Å². The maximum absolute atomic E-state index is 12.4. The van der Waals surface area contributed by atoms with E-state index in [0.29, 0.717) is 47.4 Å². The van der Waals surface area contributed by atoms with Gasteiger partial charge in [0.1, 0.15) is 5.78 Å². The van der Waals surface area contributed by atoms with Gasteiger partial charge in [0.2, 0.25) is 0 Å². The summed E-state index contributed by atoms with van der Waals surface area (Å²) in [4.78, 5) is 24.5. The fraction of sp³-hybridized carbons (Fsp3) is 0.905. The Bertz CT molecular complexity index is 555. The van der Waals surface area contributed by atoms with Gasteiger partial charge >= 0.3 is 5.97 Å². The minimum Gasteiger partial charge on any atom is -0.465 e. The van der Waals surface area contributed by atoms with Crippen molar-refractivity contribution in [1.29, 1.82) is 0 Å². The number of carbonyl (C=O) groups excluding carboxylic acids is 2. The lowest BCUT2D eigenvalue weighted by atomic mass is 9.42. The van der Waals surface area contributed by atoms with E-state index in [9.17, 15) is 9.59 Å². The van der Waals surface area contributed by atoms with Gasteiger partial charge in [-0.05, 0) is 61.7 Å². The largest absolute Gasteiger partial charge is 0.465 e. The predicted molar refractivity (Wildman–Crippen MR) is 92.2 cm³/mol. The average molecular weight is 332 g/mol. The molecule has 1 aliphatic heterocycles. The molecule has 0 aromatic carbocycles. The summed E-state index contributed by atoms with van der Waals surface area (Å²) in [5.74, 6) is 3.45. The van der Waals surface area contributed by atoms with E-state index in [0.717, 1.165) is 32.1 Å². The van der Waals surface area contributed by atoms with Gasteiger partial charge in [-0.1, -0.05) is 26.7 Å². The first-order chi connectivity index (χ1) is 11.4. The van der Waals surface area contributed by atoms with E-state index >= 15 is 0 Å². The van der Waals surface area contributed by atoms with E-state index < -0.39 is 0 Å². The van der Waals surface area contributed by atoms with Crippen LogP contribution in [0, 0.1) is 40.4 Å². The maximum Gasteiger partial charge on any atom is 0.312 e. The molecular weight excluding hydrogens is 300 g/mol.